The molecule has 10 heteroatoms. The number of hydrogen-bond acceptors (Lipinski definition) is 7. The van der Waals surface area contributed by atoms with Crippen molar-refractivity contribution in [2.75, 3.05) is 19.7 Å². The number of carboxylic acid groups (broad SMARTS) is 2. The summed E-state index contributed by atoms with van der Waals surface area (Å²) in [4.78, 5) is 37.5. The van der Waals surface area contributed by atoms with Crippen LogP contribution in [-0.4, -0.2) is 69.9 Å². The molecule has 0 aromatic carbocycles. The van der Waals surface area contributed by atoms with Crippen LogP contribution in [0.3, 0.4) is 0 Å². The number of carbonyl (C=O) groups excluding carboxylic acids is 1. The standard InChI is InChI=1S/C18H29N3O3.C4H4O4/c1-13(2)7-8-23-17-6-5-16(11-20-17)12-24-18(22)21-14(3)9-19-10-15(21)4;5-3(6)1-2-4(7)8/h5-6,11,13-15,19H,7-10,12H2,1-4H3;1-2H,(H,5,6)(H,7,8)/b;2-1-. The number of hydrogen-bond donors (Lipinski definition) is 3. The number of carbonyl (C=O) groups is 3. The summed E-state index contributed by atoms with van der Waals surface area (Å²) in [5.41, 5.74) is 0.856. The third-order valence-corrected chi connectivity index (χ3v) is 4.51. The molecule has 2 unspecified atom stereocenters. The average molecular weight is 452 g/mol. The van der Waals surface area contributed by atoms with E-state index in [1.165, 1.54) is 0 Å². The zero-order valence-corrected chi connectivity index (χ0v) is 19.0. The zero-order chi connectivity index (χ0) is 24.1. The first-order valence-electron chi connectivity index (χ1n) is 10.5. The highest BCUT2D eigenvalue weighted by Crippen LogP contribution is 2.14. The second-order valence-electron chi connectivity index (χ2n) is 7.86. The summed E-state index contributed by atoms with van der Waals surface area (Å²) in [6.45, 7) is 10.8. The molecule has 3 N–H and O–H groups in total. The van der Waals surface area contributed by atoms with E-state index in [0.29, 0.717) is 30.6 Å². The van der Waals surface area contributed by atoms with E-state index < -0.39 is 11.9 Å². The fourth-order valence-corrected chi connectivity index (χ4v) is 2.84. The van der Waals surface area contributed by atoms with Gasteiger partial charge in [0.1, 0.15) is 6.61 Å². The van der Waals surface area contributed by atoms with E-state index in [2.05, 4.69) is 24.1 Å². The normalized spacial score (nSPS) is 18.1. The van der Waals surface area contributed by atoms with Gasteiger partial charge in [0.25, 0.3) is 0 Å². The average Bonchev–Trinajstić information content (AvgIpc) is 2.72. The van der Waals surface area contributed by atoms with E-state index in [0.717, 1.165) is 25.1 Å². The van der Waals surface area contributed by atoms with Gasteiger partial charge in [-0.1, -0.05) is 13.8 Å². The number of nitrogens with one attached hydrogen (secondary N) is 1. The SMILES string of the molecule is CC(C)CCOc1ccc(COC(=O)N2C(C)CNCC2C)cn1.O=C(O)/C=C\C(=O)O. The highest BCUT2D eigenvalue weighted by Gasteiger charge is 2.29. The number of aromatic nitrogens is 1. The first-order chi connectivity index (χ1) is 15.1. The predicted octanol–water partition coefficient (Wildman–Crippen LogP) is 2.54. The van der Waals surface area contributed by atoms with Crippen LogP contribution in [0.15, 0.2) is 30.5 Å². The fourth-order valence-electron chi connectivity index (χ4n) is 2.84. The van der Waals surface area contributed by atoms with E-state index in [4.69, 9.17) is 19.7 Å². The molecule has 178 valence electrons. The molecule has 1 aromatic heterocycles. The number of carboxylic acids is 2. The number of piperazine rings is 1. The third-order valence-electron chi connectivity index (χ3n) is 4.51. The molecule has 2 rings (SSSR count). The maximum Gasteiger partial charge on any atom is 0.410 e. The molecule has 1 fully saturated rings. The van der Waals surface area contributed by atoms with Gasteiger partial charge in [-0.25, -0.2) is 19.4 Å². The summed E-state index contributed by atoms with van der Waals surface area (Å²) in [6, 6.07) is 3.97. The predicted molar refractivity (Wildman–Crippen MR) is 117 cm³/mol. The number of nitrogens with zero attached hydrogens (tertiary/aromatic N) is 2. The first kappa shape index (κ1) is 26.9. The fraction of sp³-hybridized carbons (Fsp3) is 0.545. The largest absolute Gasteiger partial charge is 0.478 e. The molecule has 1 amide bonds. The molecule has 1 aromatic rings. The van der Waals surface area contributed by atoms with Crippen molar-refractivity contribution >= 4 is 18.0 Å². The van der Waals surface area contributed by atoms with Crippen molar-refractivity contribution in [3.63, 3.8) is 0 Å². The van der Waals surface area contributed by atoms with Crippen LogP contribution in [0, 0.1) is 5.92 Å². The number of rotatable bonds is 8. The summed E-state index contributed by atoms with van der Waals surface area (Å²) in [7, 11) is 0. The molecule has 1 saturated heterocycles. The Morgan fingerprint density at radius 3 is 2.22 bits per heavy atom. The van der Waals surface area contributed by atoms with Gasteiger partial charge in [0.15, 0.2) is 0 Å². The molecule has 1 aliphatic rings. The number of pyridine rings is 1. The summed E-state index contributed by atoms with van der Waals surface area (Å²) in [5.74, 6) is -1.30. The lowest BCUT2D eigenvalue weighted by Gasteiger charge is -2.38. The molecular weight excluding hydrogens is 418 g/mol. The van der Waals surface area contributed by atoms with Gasteiger partial charge in [0, 0.05) is 55.2 Å². The van der Waals surface area contributed by atoms with Crippen molar-refractivity contribution in [1.29, 1.82) is 0 Å². The van der Waals surface area contributed by atoms with Crippen molar-refractivity contribution in [2.24, 2.45) is 5.92 Å². The van der Waals surface area contributed by atoms with Gasteiger partial charge < -0.3 is 29.9 Å². The summed E-state index contributed by atoms with van der Waals surface area (Å²) < 4.78 is 11.0. The molecule has 0 saturated carbocycles. The van der Waals surface area contributed by atoms with Gasteiger partial charge in [-0.2, -0.15) is 0 Å². The van der Waals surface area contributed by atoms with Gasteiger partial charge in [0.05, 0.1) is 6.61 Å². The molecular formula is C22H33N3O7. The summed E-state index contributed by atoms with van der Waals surface area (Å²) in [6.07, 6.45) is 3.55. The summed E-state index contributed by atoms with van der Waals surface area (Å²) in [5, 5.41) is 18.9. The van der Waals surface area contributed by atoms with Crippen molar-refractivity contribution < 1.29 is 34.1 Å². The quantitative estimate of drug-likeness (QED) is 0.509. The van der Waals surface area contributed by atoms with Crippen LogP contribution < -0.4 is 10.1 Å². The van der Waals surface area contributed by atoms with Gasteiger partial charge in [-0.3, -0.25) is 0 Å². The summed E-state index contributed by atoms with van der Waals surface area (Å²) >= 11 is 0. The molecule has 0 aliphatic carbocycles. The number of ether oxygens (including phenoxy) is 2. The Hall–Kier alpha value is -3.14. The minimum atomic E-state index is -1.26. The maximum atomic E-state index is 12.3. The Bertz CT molecular complexity index is 739. The Morgan fingerprint density at radius 2 is 1.75 bits per heavy atom. The Kier molecular flexibility index (Phi) is 11.8. The molecule has 0 radical (unpaired) electrons. The molecule has 0 bridgehead atoms. The van der Waals surface area contributed by atoms with Crippen molar-refractivity contribution in [3.05, 3.63) is 36.0 Å². The van der Waals surface area contributed by atoms with Crippen molar-refractivity contribution in [1.82, 2.24) is 15.2 Å². The number of amides is 1. The Morgan fingerprint density at radius 1 is 1.16 bits per heavy atom. The van der Waals surface area contributed by atoms with E-state index in [1.807, 2.05) is 26.0 Å². The lowest BCUT2D eigenvalue weighted by atomic mass is 10.1. The van der Waals surface area contributed by atoms with Crippen molar-refractivity contribution in [3.8, 4) is 5.88 Å². The Labute approximate surface area is 188 Å². The molecule has 10 nitrogen and oxygen atoms in total. The van der Waals surface area contributed by atoms with Gasteiger partial charge in [-0.15, -0.1) is 0 Å². The minimum absolute atomic E-state index is 0.135. The van der Waals surface area contributed by atoms with Gasteiger partial charge in [-0.05, 0) is 32.3 Å². The second kappa shape index (κ2) is 14.0. The van der Waals surface area contributed by atoms with Crippen LogP contribution in [0.5, 0.6) is 5.88 Å². The molecule has 2 heterocycles. The number of aliphatic carboxylic acids is 2. The monoisotopic (exact) mass is 451 g/mol. The van der Waals surface area contributed by atoms with E-state index in [-0.39, 0.29) is 24.8 Å². The zero-order valence-electron chi connectivity index (χ0n) is 19.0. The Balaban J connectivity index is 0.000000547. The van der Waals surface area contributed by atoms with Crippen LogP contribution in [0.4, 0.5) is 4.79 Å². The highest BCUT2D eigenvalue weighted by molar-refractivity contribution is 5.89. The maximum absolute atomic E-state index is 12.3. The second-order valence-corrected chi connectivity index (χ2v) is 7.86. The minimum Gasteiger partial charge on any atom is -0.478 e. The van der Waals surface area contributed by atoms with E-state index in [9.17, 15) is 14.4 Å². The smallest absolute Gasteiger partial charge is 0.410 e. The van der Waals surface area contributed by atoms with Crippen LogP contribution in [0.1, 0.15) is 39.7 Å². The van der Waals surface area contributed by atoms with Crippen LogP contribution in [0.2, 0.25) is 0 Å². The lowest BCUT2D eigenvalue weighted by Crippen LogP contribution is -2.57. The first-order valence-corrected chi connectivity index (χ1v) is 10.5. The molecule has 2 atom stereocenters. The van der Waals surface area contributed by atoms with E-state index >= 15 is 0 Å². The lowest BCUT2D eigenvalue weighted by molar-refractivity contribution is -0.134. The van der Waals surface area contributed by atoms with Crippen molar-refractivity contribution in [2.45, 2.75) is 52.8 Å². The molecule has 0 spiro atoms. The molecule has 1 aliphatic heterocycles. The topological polar surface area (TPSA) is 138 Å². The van der Waals surface area contributed by atoms with E-state index in [1.54, 1.807) is 11.1 Å². The van der Waals surface area contributed by atoms with Crippen LogP contribution in [0.25, 0.3) is 0 Å². The van der Waals surface area contributed by atoms with Crippen LogP contribution in [-0.2, 0) is 20.9 Å². The highest BCUT2D eigenvalue weighted by atomic mass is 16.6. The van der Waals surface area contributed by atoms with Gasteiger partial charge in [0.2, 0.25) is 5.88 Å². The molecule has 32 heavy (non-hydrogen) atoms. The van der Waals surface area contributed by atoms with Crippen LogP contribution >= 0.6 is 0 Å². The third kappa shape index (κ3) is 10.8. The van der Waals surface area contributed by atoms with Gasteiger partial charge >= 0.3 is 18.0 Å².